The summed E-state index contributed by atoms with van der Waals surface area (Å²) in [4.78, 5) is 7.23. The van der Waals surface area contributed by atoms with Crippen LogP contribution in [0.5, 0.6) is 0 Å². The van der Waals surface area contributed by atoms with Gasteiger partial charge in [-0.15, -0.1) is 24.0 Å². The highest BCUT2D eigenvalue weighted by molar-refractivity contribution is 14.0. The van der Waals surface area contributed by atoms with Crippen molar-refractivity contribution < 1.29 is 0 Å². The third-order valence-electron chi connectivity index (χ3n) is 5.29. The van der Waals surface area contributed by atoms with E-state index in [-0.39, 0.29) is 24.0 Å². The summed E-state index contributed by atoms with van der Waals surface area (Å²) < 4.78 is 1.95. The van der Waals surface area contributed by atoms with Crippen molar-refractivity contribution in [3.8, 4) is 0 Å². The Bertz CT molecular complexity index is 771. The van der Waals surface area contributed by atoms with Gasteiger partial charge in [0.05, 0.1) is 5.69 Å². The van der Waals surface area contributed by atoms with Crippen LogP contribution >= 0.6 is 24.0 Å². The molecule has 2 N–H and O–H groups in total. The van der Waals surface area contributed by atoms with Gasteiger partial charge in [-0.05, 0) is 51.3 Å². The standard InChI is InChI=1S/C21H32N6.HI/c1-5-22-21(23-13-11-20-16(2)25-26(4)17(20)3)24-18-12-14-27(15-18)19-9-7-6-8-10-19;/h6-10,18H,5,11-15H2,1-4H3,(H2,22,23,24);1H. The Morgan fingerprint density at radius 3 is 2.64 bits per heavy atom. The Morgan fingerprint density at radius 2 is 2.00 bits per heavy atom. The quantitative estimate of drug-likeness (QED) is 0.367. The van der Waals surface area contributed by atoms with Gasteiger partial charge in [-0.25, -0.2) is 0 Å². The molecule has 1 aliphatic heterocycles. The van der Waals surface area contributed by atoms with E-state index in [1.54, 1.807) is 0 Å². The van der Waals surface area contributed by atoms with E-state index in [0.29, 0.717) is 6.04 Å². The molecule has 1 atom stereocenters. The first kappa shape index (κ1) is 22.5. The van der Waals surface area contributed by atoms with Crippen molar-refractivity contribution in [3.05, 3.63) is 47.3 Å². The largest absolute Gasteiger partial charge is 0.369 e. The molecule has 1 saturated heterocycles. The number of anilines is 1. The molecule has 0 amide bonds. The lowest BCUT2D eigenvalue weighted by Crippen LogP contribution is -2.44. The number of para-hydroxylation sites is 1. The van der Waals surface area contributed by atoms with E-state index >= 15 is 0 Å². The lowest BCUT2D eigenvalue weighted by atomic mass is 10.1. The number of guanidine groups is 1. The van der Waals surface area contributed by atoms with Gasteiger partial charge in [0.25, 0.3) is 0 Å². The minimum atomic E-state index is 0. The number of nitrogens with zero attached hydrogens (tertiary/aromatic N) is 4. The Morgan fingerprint density at radius 1 is 1.25 bits per heavy atom. The van der Waals surface area contributed by atoms with Crippen molar-refractivity contribution in [2.24, 2.45) is 12.0 Å². The Balaban J connectivity index is 0.00000280. The molecular weight excluding hydrogens is 463 g/mol. The second kappa shape index (κ2) is 10.7. The lowest BCUT2D eigenvalue weighted by molar-refractivity contribution is 0.649. The van der Waals surface area contributed by atoms with Crippen LogP contribution in [-0.2, 0) is 13.5 Å². The van der Waals surface area contributed by atoms with Gasteiger partial charge in [0.2, 0.25) is 0 Å². The SMILES string of the molecule is CCNC(=NCCc1c(C)nn(C)c1C)NC1CCN(c2ccccc2)C1.I. The van der Waals surface area contributed by atoms with Crippen LogP contribution in [0.1, 0.15) is 30.3 Å². The van der Waals surface area contributed by atoms with Crippen molar-refractivity contribution >= 4 is 35.6 Å². The van der Waals surface area contributed by atoms with E-state index in [1.807, 2.05) is 11.7 Å². The van der Waals surface area contributed by atoms with Gasteiger partial charge in [0.15, 0.2) is 5.96 Å². The summed E-state index contributed by atoms with van der Waals surface area (Å²) in [7, 11) is 2.00. The van der Waals surface area contributed by atoms with Crippen molar-refractivity contribution in [1.82, 2.24) is 20.4 Å². The van der Waals surface area contributed by atoms with E-state index in [2.05, 4.69) is 71.7 Å². The number of aryl methyl sites for hydroxylation is 2. The topological polar surface area (TPSA) is 57.5 Å². The fourth-order valence-electron chi connectivity index (χ4n) is 3.72. The summed E-state index contributed by atoms with van der Waals surface area (Å²) in [5, 5.41) is 11.5. The van der Waals surface area contributed by atoms with Gasteiger partial charge in [0, 0.05) is 50.6 Å². The molecule has 1 unspecified atom stereocenters. The molecule has 2 aromatic rings. The summed E-state index contributed by atoms with van der Waals surface area (Å²) in [6.45, 7) is 10.0. The molecule has 1 aromatic carbocycles. The maximum Gasteiger partial charge on any atom is 0.191 e. The van der Waals surface area contributed by atoms with Gasteiger partial charge >= 0.3 is 0 Å². The van der Waals surface area contributed by atoms with Crippen LogP contribution < -0.4 is 15.5 Å². The summed E-state index contributed by atoms with van der Waals surface area (Å²) in [5.74, 6) is 0.914. The van der Waals surface area contributed by atoms with Gasteiger partial charge in [-0.3, -0.25) is 9.67 Å². The van der Waals surface area contributed by atoms with E-state index < -0.39 is 0 Å². The number of rotatable bonds is 6. The molecule has 0 spiro atoms. The second-order valence-electron chi connectivity index (χ2n) is 7.20. The van der Waals surface area contributed by atoms with E-state index in [1.165, 1.54) is 16.9 Å². The van der Waals surface area contributed by atoms with Crippen LogP contribution in [0, 0.1) is 13.8 Å². The van der Waals surface area contributed by atoms with Crippen LogP contribution in [0.3, 0.4) is 0 Å². The van der Waals surface area contributed by atoms with Crippen LogP contribution in [0.2, 0.25) is 0 Å². The number of aliphatic imine (C=N–C) groups is 1. The number of hydrogen-bond acceptors (Lipinski definition) is 3. The normalized spacial score (nSPS) is 16.8. The smallest absolute Gasteiger partial charge is 0.191 e. The molecule has 7 heteroatoms. The molecule has 1 aromatic heterocycles. The average Bonchev–Trinajstić information content (AvgIpc) is 3.22. The van der Waals surface area contributed by atoms with Gasteiger partial charge in [-0.1, -0.05) is 18.2 Å². The summed E-state index contributed by atoms with van der Waals surface area (Å²) in [5.41, 5.74) is 4.95. The summed E-state index contributed by atoms with van der Waals surface area (Å²) in [6.07, 6.45) is 2.04. The highest BCUT2D eigenvalue weighted by atomic mass is 127. The molecule has 3 rings (SSSR count). The number of aromatic nitrogens is 2. The molecule has 0 aliphatic carbocycles. The first-order chi connectivity index (χ1) is 13.1. The van der Waals surface area contributed by atoms with Crippen LogP contribution in [-0.4, -0.2) is 48.0 Å². The fourth-order valence-corrected chi connectivity index (χ4v) is 3.72. The average molecular weight is 496 g/mol. The van der Waals surface area contributed by atoms with Gasteiger partial charge in [0.1, 0.15) is 0 Å². The highest BCUT2D eigenvalue weighted by Crippen LogP contribution is 2.19. The number of benzene rings is 1. The van der Waals surface area contributed by atoms with Crippen LogP contribution in [0.25, 0.3) is 0 Å². The predicted molar refractivity (Wildman–Crippen MR) is 128 cm³/mol. The Hall–Kier alpha value is -1.77. The zero-order valence-corrected chi connectivity index (χ0v) is 19.7. The molecule has 1 aliphatic rings. The molecule has 1 fully saturated rings. The zero-order valence-electron chi connectivity index (χ0n) is 17.4. The van der Waals surface area contributed by atoms with Crippen molar-refractivity contribution in [2.45, 2.75) is 39.7 Å². The van der Waals surface area contributed by atoms with Crippen LogP contribution in [0.15, 0.2) is 35.3 Å². The highest BCUT2D eigenvalue weighted by Gasteiger charge is 2.23. The zero-order chi connectivity index (χ0) is 19.2. The second-order valence-corrected chi connectivity index (χ2v) is 7.20. The maximum atomic E-state index is 4.80. The Kier molecular flexibility index (Phi) is 8.59. The molecule has 0 bridgehead atoms. The minimum Gasteiger partial charge on any atom is -0.369 e. The fraction of sp³-hybridized carbons (Fsp3) is 0.524. The molecule has 154 valence electrons. The molecule has 2 heterocycles. The Labute approximate surface area is 185 Å². The van der Waals surface area contributed by atoms with E-state index in [4.69, 9.17) is 4.99 Å². The molecule has 0 saturated carbocycles. The number of halogens is 1. The van der Waals surface area contributed by atoms with E-state index in [9.17, 15) is 0 Å². The molecule has 6 nitrogen and oxygen atoms in total. The van der Waals surface area contributed by atoms with Crippen LogP contribution in [0.4, 0.5) is 5.69 Å². The first-order valence-electron chi connectivity index (χ1n) is 9.92. The lowest BCUT2D eigenvalue weighted by Gasteiger charge is -2.20. The van der Waals surface area contributed by atoms with Crippen molar-refractivity contribution in [1.29, 1.82) is 0 Å². The monoisotopic (exact) mass is 496 g/mol. The molecular formula is C21H33IN6. The first-order valence-corrected chi connectivity index (χ1v) is 9.92. The number of nitrogens with one attached hydrogen (secondary N) is 2. The number of hydrogen-bond donors (Lipinski definition) is 2. The summed E-state index contributed by atoms with van der Waals surface area (Å²) in [6, 6.07) is 11.1. The van der Waals surface area contributed by atoms with Gasteiger partial charge < -0.3 is 15.5 Å². The van der Waals surface area contributed by atoms with Gasteiger partial charge in [-0.2, -0.15) is 5.10 Å². The predicted octanol–water partition coefficient (Wildman–Crippen LogP) is 3.03. The van der Waals surface area contributed by atoms with Crippen molar-refractivity contribution in [2.75, 3.05) is 31.1 Å². The summed E-state index contributed by atoms with van der Waals surface area (Å²) >= 11 is 0. The third kappa shape index (κ3) is 5.62. The van der Waals surface area contributed by atoms with Crippen molar-refractivity contribution in [3.63, 3.8) is 0 Å². The minimum absolute atomic E-state index is 0. The third-order valence-corrected chi connectivity index (χ3v) is 5.29. The van der Waals surface area contributed by atoms with E-state index in [0.717, 1.165) is 50.7 Å². The maximum absolute atomic E-state index is 4.80. The molecule has 28 heavy (non-hydrogen) atoms. The molecule has 0 radical (unpaired) electrons.